The van der Waals surface area contributed by atoms with Gasteiger partial charge in [-0.15, -0.1) is 0 Å². The van der Waals surface area contributed by atoms with Gasteiger partial charge in [0.15, 0.2) is 0 Å². The number of aromatic nitrogens is 2. The molecule has 0 aliphatic heterocycles. The second kappa shape index (κ2) is 9.01. The molecule has 0 aliphatic carbocycles. The molecule has 0 bridgehead atoms. The Bertz CT molecular complexity index is 1030. The van der Waals surface area contributed by atoms with Crippen LogP contribution in [0.2, 0.25) is 0 Å². The maximum atomic E-state index is 13.8. The maximum absolute atomic E-state index is 13.8. The summed E-state index contributed by atoms with van der Waals surface area (Å²) in [5.74, 6) is 0.559. The van der Waals surface area contributed by atoms with Crippen LogP contribution >= 0.6 is 0 Å². The van der Waals surface area contributed by atoms with Crippen LogP contribution in [0, 0.1) is 12.7 Å². The molecule has 7 nitrogen and oxygen atoms in total. The summed E-state index contributed by atoms with van der Waals surface area (Å²) in [6, 6.07) is 13.1. The Balaban J connectivity index is 1.77. The van der Waals surface area contributed by atoms with Crippen LogP contribution in [0.25, 0.3) is 0 Å². The number of nitrogens with zero attached hydrogens (tertiary/aromatic N) is 2. The summed E-state index contributed by atoms with van der Waals surface area (Å²) in [5, 5.41) is 5.72. The largest absolute Gasteiger partial charge is 0.497 e. The van der Waals surface area contributed by atoms with Crippen molar-refractivity contribution in [3.8, 4) is 11.5 Å². The summed E-state index contributed by atoms with van der Waals surface area (Å²) in [4.78, 5) is 21.2. The van der Waals surface area contributed by atoms with Crippen LogP contribution < -0.4 is 20.1 Å². The number of benzene rings is 2. The highest BCUT2D eigenvalue weighted by Crippen LogP contribution is 2.29. The highest BCUT2D eigenvalue weighted by molar-refractivity contribution is 6.04. The average molecular weight is 396 g/mol. The second-order valence-electron chi connectivity index (χ2n) is 6.18. The van der Waals surface area contributed by atoms with E-state index in [-0.39, 0.29) is 24.0 Å². The predicted molar refractivity (Wildman–Crippen MR) is 108 cm³/mol. The highest BCUT2D eigenvalue weighted by Gasteiger charge is 2.14. The Morgan fingerprint density at radius 1 is 1.07 bits per heavy atom. The van der Waals surface area contributed by atoms with Gasteiger partial charge in [0.05, 0.1) is 19.9 Å². The molecule has 3 rings (SSSR count). The van der Waals surface area contributed by atoms with Gasteiger partial charge in [-0.3, -0.25) is 4.79 Å². The van der Waals surface area contributed by atoms with E-state index in [9.17, 15) is 9.18 Å². The SMILES string of the molecule is COc1ccc(NC(=O)c2cc(C)nc(NCc3ccccc3F)n2)c(OC)c1. The number of hydrogen-bond donors (Lipinski definition) is 2. The van der Waals surface area contributed by atoms with E-state index >= 15 is 0 Å². The Labute approximate surface area is 167 Å². The number of hydrogen-bond acceptors (Lipinski definition) is 6. The highest BCUT2D eigenvalue weighted by atomic mass is 19.1. The molecule has 2 N–H and O–H groups in total. The summed E-state index contributed by atoms with van der Waals surface area (Å²) in [5.41, 5.74) is 1.73. The van der Waals surface area contributed by atoms with Crippen LogP contribution in [0.3, 0.4) is 0 Å². The second-order valence-corrected chi connectivity index (χ2v) is 6.18. The predicted octanol–water partition coefficient (Wildman–Crippen LogP) is 3.81. The lowest BCUT2D eigenvalue weighted by atomic mass is 10.2. The number of carbonyl (C=O) groups excluding carboxylic acids is 1. The van der Waals surface area contributed by atoms with Crippen molar-refractivity contribution in [2.75, 3.05) is 24.9 Å². The number of halogens is 1. The number of carbonyl (C=O) groups is 1. The molecule has 0 unspecified atom stereocenters. The summed E-state index contributed by atoms with van der Waals surface area (Å²) in [7, 11) is 3.05. The number of amides is 1. The normalized spacial score (nSPS) is 10.3. The molecule has 0 saturated carbocycles. The third kappa shape index (κ3) is 4.98. The van der Waals surface area contributed by atoms with E-state index in [0.29, 0.717) is 28.4 Å². The first-order valence-electron chi connectivity index (χ1n) is 8.86. The van der Waals surface area contributed by atoms with Crippen molar-refractivity contribution in [3.63, 3.8) is 0 Å². The summed E-state index contributed by atoms with van der Waals surface area (Å²) >= 11 is 0. The molecule has 0 atom stereocenters. The third-order valence-electron chi connectivity index (χ3n) is 4.14. The minimum absolute atomic E-state index is 0.173. The van der Waals surface area contributed by atoms with Gasteiger partial charge in [-0.25, -0.2) is 14.4 Å². The summed E-state index contributed by atoms with van der Waals surface area (Å²) in [6.07, 6.45) is 0. The van der Waals surface area contributed by atoms with Crippen LogP contribution in [0.15, 0.2) is 48.5 Å². The van der Waals surface area contributed by atoms with Gasteiger partial charge >= 0.3 is 0 Å². The van der Waals surface area contributed by atoms with Crippen molar-refractivity contribution in [1.29, 1.82) is 0 Å². The van der Waals surface area contributed by atoms with E-state index in [1.807, 2.05) is 0 Å². The van der Waals surface area contributed by atoms with Crippen LogP contribution in [0.1, 0.15) is 21.7 Å². The number of aryl methyl sites for hydroxylation is 1. The molecule has 0 aliphatic rings. The lowest BCUT2D eigenvalue weighted by molar-refractivity contribution is 0.102. The van der Waals surface area contributed by atoms with Crippen molar-refractivity contribution >= 4 is 17.5 Å². The molecule has 0 saturated heterocycles. The Hall–Kier alpha value is -3.68. The molecule has 0 radical (unpaired) electrons. The van der Waals surface area contributed by atoms with Crippen molar-refractivity contribution in [1.82, 2.24) is 9.97 Å². The van der Waals surface area contributed by atoms with Crippen molar-refractivity contribution in [3.05, 3.63) is 71.3 Å². The van der Waals surface area contributed by atoms with Crippen molar-refractivity contribution in [2.45, 2.75) is 13.5 Å². The number of anilines is 2. The lowest BCUT2D eigenvalue weighted by Crippen LogP contribution is -2.16. The lowest BCUT2D eigenvalue weighted by Gasteiger charge is -2.12. The molecule has 0 spiro atoms. The molecule has 0 fully saturated rings. The molecule has 2 aromatic carbocycles. The first-order valence-corrected chi connectivity index (χ1v) is 8.86. The Morgan fingerprint density at radius 3 is 2.59 bits per heavy atom. The molecule has 1 heterocycles. The first-order chi connectivity index (χ1) is 14.0. The van der Waals surface area contributed by atoms with Crippen LogP contribution in [0.4, 0.5) is 16.0 Å². The van der Waals surface area contributed by atoms with E-state index in [2.05, 4.69) is 20.6 Å². The van der Waals surface area contributed by atoms with E-state index in [4.69, 9.17) is 9.47 Å². The summed E-state index contributed by atoms with van der Waals surface area (Å²) in [6.45, 7) is 1.95. The quantitative estimate of drug-likeness (QED) is 0.632. The van der Waals surface area contributed by atoms with Gasteiger partial charge in [0, 0.05) is 23.9 Å². The average Bonchev–Trinajstić information content (AvgIpc) is 2.73. The summed E-state index contributed by atoms with van der Waals surface area (Å²) < 4.78 is 24.2. The molecule has 1 aromatic heterocycles. The monoisotopic (exact) mass is 396 g/mol. The molecule has 29 heavy (non-hydrogen) atoms. The zero-order valence-electron chi connectivity index (χ0n) is 16.3. The van der Waals surface area contributed by atoms with Gasteiger partial charge in [-0.2, -0.15) is 0 Å². The molecular weight excluding hydrogens is 375 g/mol. The zero-order chi connectivity index (χ0) is 20.8. The Kier molecular flexibility index (Phi) is 6.23. The fourth-order valence-corrected chi connectivity index (χ4v) is 2.67. The standard InChI is InChI=1S/C21H21FN4O3/c1-13-10-18(20(27)25-17-9-8-15(28-2)11-19(17)29-3)26-21(24-13)23-12-14-6-4-5-7-16(14)22/h4-11H,12H2,1-3H3,(H,25,27)(H,23,24,26). The van der Waals surface area contributed by atoms with Crippen molar-refractivity contribution in [2.24, 2.45) is 0 Å². The van der Waals surface area contributed by atoms with Crippen molar-refractivity contribution < 1.29 is 18.7 Å². The minimum Gasteiger partial charge on any atom is -0.497 e. The molecule has 1 amide bonds. The maximum Gasteiger partial charge on any atom is 0.274 e. The van der Waals surface area contributed by atoms with Crippen LogP contribution in [0.5, 0.6) is 11.5 Å². The number of ether oxygens (including phenoxy) is 2. The van der Waals surface area contributed by atoms with E-state index in [1.54, 1.807) is 56.5 Å². The molecule has 3 aromatic rings. The van der Waals surface area contributed by atoms with Gasteiger partial charge in [0.1, 0.15) is 23.0 Å². The third-order valence-corrected chi connectivity index (χ3v) is 4.14. The number of rotatable bonds is 7. The topological polar surface area (TPSA) is 85.4 Å². The number of methoxy groups -OCH3 is 2. The molecular formula is C21H21FN4O3. The van der Waals surface area contributed by atoms with Crippen LogP contribution in [-0.4, -0.2) is 30.1 Å². The van der Waals surface area contributed by atoms with Gasteiger partial charge in [0.25, 0.3) is 5.91 Å². The van der Waals surface area contributed by atoms with E-state index in [0.717, 1.165) is 0 Å². The minimum atomic E-state index is -0.423. The van der Waals surface area contributed by atoms with Gasteiger partial charge in [-0.1, -0.05) is 18.2 Å². The van der Waals surface area contributed by atoms with Gasteiger partial charge in [0.2, 0.25) is 5.95 Å². The fraction of sp³-hybridized carbons (Fsp3) is 0.190. The number of nitrogens with one attached hydrogen (secondary N) is 2. The van der Waals surface area contributed by atoms with E-state index in [1.165, 1.54) is 13.2 Å². The van der Waals surface area contributed by atoms with Gasteiger partial charge < -0.3 is 20.1 Å². The fourth-order valence-electron chi connectivity index (χ4n) is 2.67. The molecule has 150 valence electrons. The zero-order valence-corrected chi connectivity index (χ0v) is 16.3. The Morgan fingerprint density at radius 2 is 1.86 bits per heavy atom. The van der Waals surface area contributed by atoms with E-state index < -0.39 is 5.91 Å². The molecule has 8 heteroatoms. The van der Waals surface area contributed by atoms with Gasteiger partial charge in [-0.05, 0) is 31.2 Å². The van der Waals surface area contributed by atoms with Crippen LogP contribution in [-0.2, 0) is 6.54 Å². The first kappa shape index (κ1) is 20.1. The smallest absolute Gasteiger partial charge is 0.274 e.